The van der Waals surface area contributed by atoms with Gasteiger partial charge in [0.05, 0.1) is 31.5 Å². The summed E-state index contributed by atoms with van der Waals surface area (Å²) in [4.78, 5) is 85.1. The monoisotopic (exact) mass is 1300 g/mol. The van der Waals surface area contributed by atoms with Crippen molar-refractivity contribution in [2.24, 2.45) is 23.7 Å². The van der Waals surface area contributed by atoms with Gasteiger partial charge in [-0.1, -0.05) is 76.9 Å². The number of halogens is 2. The summed E-state index contributed by atoms with van der Waals surface area (Å²) in [5.41, 5.74) is 15.0. The zero-order chi connectivity index (χ0) is 67.7. The number of esters is 1. The second-order valence-corrected chi connectivity index (χ2v) is 28.3. The van der Waals surface area contributed by atoms with Crippen LogP contribution >= 0.6 is 0 Å². The van der Waals surface area contributed by atoms with E-state index < -0.39 is 53.9 Å². The third kappa shape index (κ3) is 20.9. The number of nitrogens with zero attached hydrogens (tertiary/aromatic N) is 4. The summed E-state index contributed by atoms with van der Waals surface area (Å²) in [7, 11) is 0. The molecule has 2 aliphatic heterocycles. The number of carbonyl (C=O) groups is 4. The molecule has 8 rings (SSSR count). The van der Waals surface area contributed by atoms with Gasteiger partial charge >= 0.3 is 30.8 Å². The molecule has 2 unspecified atom stereocenters. The van der Waals surface area contributed by atoms with Gasteiger partial charge in [-0.2, -0.15) is 0 Å². The number of benzene rings is 4. The molecule has 2 fully saturated rings. The molecule has 4 heterocycles. The molecule has 512 valence electrons. The maximum absolute atomic E-state index is 16.1. The number of aryl methyl sites for hydroxylation is 10. The minimum Gasteiger partial charge on any atom is -0.870 e. The third-order valence-corrected chi connectivity index (χ3v) is 18.7. The minimum atomic E-state index is -1.10. The predicted molar refractivity (Wildman–Crippen MR) is 370 cm³/mol. The average molecular weight is 1300 g/mol. The molecule has 95 heavy (non-hydrogen) atoms. The number of ether oxygens (including phenoxy) is 1. The van der Waals surface area contributed by atoms with Crippen molar-refractivity contribution in [2.45, 2.75) is 193 Å². The number of aliphatic carboxylic acids is 1. The maximum atomic E-state index is 16.1. The van der Waals surface area contributed by atoms with E-state index in [0.29, 0.717) is 41.4 Å². The number of ketones is 2. The molecule has 0 aliphatic carbocycles. The molecule has 3 N–H and O–H groups in total. The van der Waals surface area contributed by atoms with E-state index in [1.165, 1.54) is 4.57 Å². The number of aromatic nitrogens is 2. The van der Waals surface area contributed by atoms with Gasteiger partial charge in [0.1, 0.15) is 11.6 Å². The number of Topliss-reactive ketones (excluding diaryl/α,β-unsaturated/α-hetero) is 2. The molecule has 2 saturated heterocycles. The molecule has 2 aromatic heterocycles. The van der Waals surface area contributed by atoms with Crippen LogP contribution < -0.4 is 30.0 Å². The Morgan fingerprint density at radius 3 is 1.18 bits per heavy atom. The number of carboxylic acid groups (broad SMARTS) is 1. The van der Waals surface area contributed by atoms with Gasteiger partial charge in [-0.25, -0.2) is 8.78 Å². The van der Waals surface area contributed by atoms with Gasteiger partial charge < -0.3 is 39.7 Å². The van der Waals surface area contributed by atoms with Crippen molar-refractivity contribution in [1.82, 2.24) is 18.9 Å². The number of likely N-dealkylation sites (tertiary alicyclic amines) is 2. The van der Waals surface area contributed by atoms with Crippen LogP contribution in [0.2, 0.25) is 0 Å². The number of carboxylic acids is 1. The van der Waals surface area contributed by atoms with Crippen LogP contribution in [0.3, 0.4) is 0 Å². The fourth-order valence-corrected chi connectivity index (χ4v) is 14.4. The van der Waals surface area contributed by atoms with Gasteiger partial charge in [0.25, 0.3) is 11.1 Å². The second-order valence-electron chi connectivity index (χ2n) is 28.3. The van der Waals surface area contributed by atoms with Crippen molar-refractivity contribution >= 4 is 23.5 Å². The summed E-state index contributed by atoms with van der Waals surface area (Å²) in [5, 5.41) is 9.89. The van der Waals surface area contributed by atoms with Crippen LogP contribution in [-0.4, -0.2) is 104 Å². The fraction of sp³-hybridized carbons (Fsp3) is 0.513. The molecule has 2 aliphatic rings. The third-order valence-electron chi connectivity index (χ3n) is 18.7. The molecule has 6 aromatic rings. The summed E-state index contributed by atoms with van der Waals surface area (Å²) in [5.74, 6) is -2.94. The number of carbonyl (C=O) groups excluding carboxylic acids is 3. The fourth-order valence-electron chi connectivity index (χ4n) is 14.4. The Morgan fingerprint density at radius 1 is 0.516 bits per heavy atom. The molecule has 0 saturated carbocycles. The molecular formula is C78H104F2LiN4O10-. The van der Waals surface area contributed by atoms with Crippen LogP contribution in [0.15, 0.2) is 82.6 Å². The molecule has 0 amide bonds. The van der Waals surface area contributed by atoms with Crippen LogP contribution in [0.4, 0.5) is 8.78 Å². The predicted octanol–water partition coefficient (Wildman–Crippen LogP) is 12.1. The summed E-state index contributed by atoms with van der Waals surface area (Å²) in [6.45, 7) is 40.0. The van der Waals surface area contributed by atoms with Gasteiger partial charge in [-0.05, 0) is 239 Å². The van der Waals surface area contributed by atoms with Gasteiger partial charge in [0, 0.05) is 88.5 Å². The second kappa shape index (κ2) is 35.6. The summed E-state index contributed by atoms with van der Waals surface area (Å²) < 4.78 is 40.4. The van der Waals surface area contributed by atoms with Crippen molar-refractivity contribution in [1.29, 1.82) is 0 Å². The molecule has 0 bridgehead atoms. The number of rotatable bonds is 27. The molecule has 0 spiro atoms. The zero-order valence-electron chi connectivity index (χ0n) is 59.9. The van der Waals surface area contributed by atoms with Crippen LogP contribution in [-0.2, 0) is 36.8 Å². The Morgan fingerprint density at radius 2 is 0.863 bits per heavy atom. The minimum absolute atomic E-state index is 0. The van der Waals surface area contributed by atoms with Gasteiger partial charge in [-0.15, -0.1) is 0 Å². The topological polar surface area (TPSA) is 208 Å². The first-order valence-electron chi connectivity index (χ1n) is 33.4. The van der Waals surface area contributed by atoms with Crippen molar-refractivity contribution < 1.29 is 67.6 Å². The normalized spacial score (nSPS) is 14.7. The van der Waals surface area contributed by atoms with Gasteiger partial charge in [0.15, 0.2) is 11.6 Å². The van der Waals surface area contributed by atoms with Crippen LogP contribution in [0.1, 0.15) is 189 Å². The summed E-state index contributed by atoms with van der Waals surface area (Å²) in [6, 6.07) is 17.2. The standard InChI is InChI=1S/C40H53FN2O4.C38H49FN2O4.Li.2H2O/c1-10-47-38(46)20-32(34-18-33(16-30(9)40(34)41)39-28(7)14-25(4)15-29(39)8)19-36(44)35(13-24(2)3)43-23-31(27(6)17-37(43)45)11-12-42-21-26(5)22-42;1-22(2)11-33(41-21-29(25(5)15-35(41)43)9-10-40-19-24(4)20-40)34(42)17-30(18-36(44)45)32-16-31(14-28(8)38(32)39)37-26(6)12-23(3)13-27(37)7;;;/h14-18,23-24,26,32,35H,10-13,19-22H2,1-9H3;12-16,21-22,24,30,33H,9-11,17-20H2,1-8H3,(H,44,45);;2*1H2/q;;+1;;/p-2/t32-,35?;30-,33?;;;/m00.../s1. The van der Waals surface area contributed by atoms with Crippen molar-refractivity contribution in [3.63, 3.8) is 0 Å². The van der Waals surface area contributed by atoms with Crippen LogP contribution in [0.5, 0.6) is 0 Å². The first-order chi connectivity index (χ1) is 43.3. The first kappa shape index (κ1) is 80.8. The van der Waals surface area contributed by atoms with Crippen molar-refractivity contribution in [3.8, 4) is 22.3 Å². The SMILES string of the molecule is CCOC(=O)C[C@H](CC(=O)C(CC(C)C)n1cc(CCN2CC(C)C2)c(C)cc1=O)c1cc(-c2c(C)cc(C)cc2C)cc(C)c1F.Cc1cc(C)c(-c2cc(C)c(F)c([C@H](CC(=O)O)CC(=O)C(CC(C)C)n3cc(CCN4CC(C)C4)c(C)cc3=O)c2)c(C)c1.[Li+].[OH-].[OH-]. The first-order valence-corrected chi connectivity index (χ1v) is 33.4. The largest absolute Gasteiger partial charge is 1.00 e. The molecular weight excluding hydrogens is 1200 g/mol. The maximum Gasteiger partial charge on any atom is 1.00 e. The van der Waals surface area contributed by atoms with E-state index in [4.69, 9.17) is 4.74 Å². The van der Waals surface area contributed by atoms with E-state index in [-0.39, 0.29) is 95.8 Å². The average Bonchev–Trinajstić information content (AvgIpc) is 0.800. The van der Waals surface area contributed by atoms with Crippen molar-refractivity contribution in [2.75, 3.05) is 45.9 Å². The number of hydrogen-bond donors (Lipinski definition) is 1. The Kier molecular flexibility index (Phi) is 30.2. The smallest absolute Gasteiger partial charge is 0.870 e. The molecule has 4 atom stereocenters. The Balaban J connectivity index is 0.000000392. The quantitative estimate of drug-likeness (QED) is 0.0377. The van der Waals surface area contributed by atoms with E-state index >= 15 is 8.78 Å². The van der Waals surface area contributed by atoms with Gasteiger partial charge in [0.2, 0.25) is 0 Å². The summed E-state index contributed by atoms with van der Waals surface area (Å²) >= 11 is 0. The Labute approximate surface area is 575 Å². The molecule has 17 heteroatoms. The Bertz CT molecular complexity index is 3760. The zero-order valence-corrected chi connectivity index (χ0v) is 59.9. The van der Waals surface area contributed by atoms with E-state index in [1.807, 2.05) is 94.6 Å². The molecule has 0 radical (unpaired) electrons. The van der Waals surface area contributed by atoms with E-state index in [0.717, 1.165) is 130 Å². The number of pyridine rings is 2. The van der Waals surface area contributed by atoms with E-state index in [9.17, 15) is 33.9 Å². The Hall–Kier alpha value is -6.64. The van der Waals surface area contributed by atoms with Crippen LogP contribution in [0.25, 0.3) is 22.3 Å². The van der Waals surface area contributed by atoms with Crippen LogP contribution in [0, 0.1) is 105 Å². The van der Waals surface area contributed by atoms with Crippen molar-refractivity contribution in [3.05, 3.63) is 183 Å². The van der Waals surface area contributed by atoms with Gasteiger partial charge in [-0.3, -0.25) is 28.8 Å². The molecule has 4 aromatic carbocycles. The summed E-state index contributed by atoms with van der Waals surface area (Å²) in [6.07, 6.45) is 5.33. The van der Waals surface area contributed by atoms with E-state index in [2.05, 4.69) is 54.8 Å². The number of hydrogen-bond acceptors (Lipinski definition) is 11. The van der Waals surface area contributed by atoms with E-state index in [1.54, 1.807) is 55.7 Å². The molecule has 14 nitrogen and oxygen atoms in total.